The fourth-order valence-corrected chi connectivity index (χ4v) is 3.12. The average molecular weight is 297 g/mol. The Kier molecular flexibility index (Phi) is 4.82. The first-order valence-corrected chi connectivity index (χ1v) is 7.78. The van der Waals surface area contributed by atoms with Gasteiger partial charge >= 0.3 is 0 Å². The smallest absolute Gasteiger partial charge is 0.121 e. The molecule has 1 aromatic rings. The van der Waals surface area contributed by atoms with Crippen LogP contribution in [0.3, 0.4) is 0 Å². The van der Waals surface area contributed by atoms with E-state index in [1.54, 1.807) is 7.11 Å². The van der Waals surface area contributed by atoms with Crippen molar-refractivity contribution in [3.8, 4) is 5.75 Å². The van der Waals surface area contributed by atoms with Crippen molar-refractivity contribution in [1.29, 1.82) is 0 Å². The van der Waals surface area contributed by atoms with Crippen LogP contribution in [0.25, 0.3) is 0 Å². The molecule has 1 aliphatic rings. The average Bonchev–Trinajstić information content (AvgIpc) is 2.49. The molecule has 112 valence electrons. The van der Waals surface area contributed by atoms with Crippen LogP contribution in [0.5, 0.6) is 5.75 Å². The van der Waals surface area contributed by atoms with Gasteiger partial charge in [0.2, 0.25) is 0 Å². The number of rotatable bonds is 4. The zero-order valence-electron chi connectivity index (χ0n) is 12.9. The van der Waals surface area contributed by atoms with E-state index >= 15 is 0 Å². The van der Waals surface area contributed by atoms with E-state index in [1.165, 1.54) is 0 Å². The second-order valence-electron chi connectivity index (χ2n) is 5.66. The SMILES string of the molecule is CCC1(CC)CN(c2cc(OC)ccc2Cl)C(C)CN1. The Hall–Kier alpha value is -0.930. The standard InChI is InChI=1S/C16H25ClN2O/c1-5-16(6-2)11-19(12(3)10-18-16)15-9-13(20-4)7-8-14(15)17/h7-9,12,18H,5-6,10-11H2,1-4H3. The lowest BCUT2D eigenvalue weighted by atomic mass is 9.88. The minimum Gasteiger partial charge on any atom is -0.497 e. The molecule has 1 saturated heterocycles. The third-order valence-electron chi connectivity index (χ3n) is 4.59. The second-order valence-corrected chi connectivity index (χ2v) is 6.07. The van der Waals surface area contributed by atoms with Gasteiger partial charge in [-0.25, -0.2) is 0 Å². The van der Waals surface area contributed by atoms with Crippen LogP contribution in [0.15, 0.2) is 18.2 Å². The molecule has 0 aliphatic carbocycles. The first-order valence-electron chi connectivity index (χ1n) is 7.40. The Morgan fingerprint density at radius 1 is 1.40 bits per heavy atom. The van der Waals surface area contributed by atoms with Gasteiger partial charge in [0.15, 0.2) is 0 Å². The number of nitrogens with one attached hydrogen (secondary N) is 1. The quantitative estimate of drug-likeness (QED) is 0.917. The highest BCUT2D eigenvalue weighted by atomic mass is 35.5. The summed E-state index contributed by atoms with van der Waals surface area (Å²) in [5, 5.41) is 4.51. The first-order chi connectivity index (χ1) is 9.55. The highest BCUT2D eigenvalue weighted by Gasteiger charge is 2.35. The number of hydrogen-bond donors (Lipinski definition) is 1. The van der Waals surface area contributed by atoms with Gasteiger partial charge in [-0.3, -0.25) is 0 Å². The third-order valence-corrected chi connectivity index (χ3v) is 4.91. The van der Waals surface area contributed by atoms with E-state index in [0.717, 1.165) is 42.4 Å². The van der Waals surface area contributed by atoms with Crippen LogP contribution in [0.2, 0.25) is 5.02 Å². The number of hydrogen-bond acceptors (Lipinski definition) is 3. The van der Waals surface area contributed by atoms with Crippen molar-refractivity contribution in [1.82, 2.24) is 5.32 Å². The summed E-state index contributed by atoms with van der Waals surface area (Å²) in [5.41, 5.74) is 1.25. The van der Waals surface area contributed by atoms with E-state index < -0.39 is 0 Å². The summed E-state index contributed by atoms with van der Waals surface area (Å²) in [5.74, 6) is 0.855. The monoisotopic (exact) mass is 296 g/mol. The number of ether oxygens (including phenoxy) is 1. The van der Waals surface area contributed by atoms with Crippen LogP contribution in [0.4, 0.5) is 5.69 Å². The van der Waals surface area contributed by atoms with E-state index in [0.29, 0.717) is 6.04 Å². The molecule has 4 heteroatoms. The molecule has 1 aliphatic heterocycles. The van der Waals surface area contributed by atoms with Crippen molar-refractivity contribution in [3.63, 3.8) is 0 Å². The lowest BCUT2D eigenvalue weighted by Gasteiger charge is -2.48. The van der Waals surface area contributed by atoms with Crippen LogP contribution in [0, 0.1) is 0 Å². The molecular weight excluding hydrogens is 272 g/mol. The molecule has 0 saturated carbocycles. The fraction of sp³-hybridized carbons (Fsp3) is 0.625. The topological polar surface area (TPSA) is 24.5 Å². The summed E-state index contributed by atoms with van der Waals surface area (Å²) in [4.78, 5) is 2.41. The van der Waals surface area contributed by atoms with E-state index in [2.05, 4.69) is 31.0 Å². The normalized spacial score (nSPS) is 21.9. The van der Waals surface area contributed by atoms with Gasteiger partial charge < -0.3 is 15.0 Å². The van der Waals surface area contributed by atoms with Gasteiger partial charge in [0, 0.05) is 30.7 Å². The molecule has 1 fully saturated rings. The molecule has 0 amide bonds. The highest BCUT2D eigenvalue weighted by Crippen LogP contribution is 2.34. The zero-order valence-corrected chi connectivity index (χ0v) is 13.6. The molecule has 1 N–H and O–H groups in total. The first kappa shape index (κ1) is 15.5. The van der Waals surface area contributed by atoms with Crippen molar-refractivity contribution in [2.24, 2.45) is 0 Å². The molecule has 2 rings (SSSR count). The second kappa shape index (κ2) is 6.23. The maximum absolute atomic E-state index is 6.41. The van der Waals surface area contributed by atoms with Gasteiger partial charge in [0.25, 0.3) is 0 Å². The minimum atomic E-state index is 0.179. The van der Waals surface area contributed by atoms with E-state index in [-0.39, 0.29) is 5.54 Å². The lowest BCUT2D eigenvalue weighted by molar-refractivity contribution is 0.253. The van der Waals surface area contributed by atoms with Crippen LogP contribution < -0.4 is 15.0 Å². The Morgan fingerprint density at radius 3 is 2.70 bits per heavy atom. The predicted molar refractivity (Wildman–Crippen MR) is 86.1 cm³/mol. The molecule has 0 spiro atoms. The number of halogens is 1. The van der Waals surface area contributed by atoms with Crippen LogP contribution >= 0.6 is 11.6 Å². The molecule has 0 bridgehead atoms. The van der Waals surface area contributed by atoms with Crippen LogP contribution in [0.1, 0.15) is 33.6 Å². The predicted octanol–water partition coefficient (Wildman–Crippen LogP) is 3.71. The Labute approximate surface area is 127 Å². The van der Waals surface area contributed by atoms with Gasteiger partial charge in [0.05, 0.1) is 17.8 Å². The maximum Gasteiger partial charge on any atom is 0.121 e. The molecule has 1 unspecified atom stereocenters. The molecule has 1 heterocycles. The third kappa shape index (κ3) is 2.89. The van der Waals surface area contributed by atoms with Crippen LogP contribution in [-0.2, 0) is 0 Å². The number of anilines is 1. The Bertz CT molecular complexity index is 460. The molecule has 1 aromatic carbocycles. The van der Waals surface area contributed by atoms with Crippen molar-refractivity contribution in [3.05, 3.63) is 23.2 Å². The molecule has 20 heavy (non-hydrogen) atoms. The lowest BCUT2D eigenvalue weighted by Crippen LogP contribution is -2.63. The molecular formula is C16H25ClN2O. The summed E-state index contributed by atoms with van der Waals surface area (Å²) >= 11 is 6.41. The van der Waals surface area contributed by atoms with Crippen molar-refractivity contribution >= 4 is 17.3 Å². The fourth-order valence-electron chi connectivity index (χ4n) is 2.90. The summed E-state index contributed by atoms with van der Waals surface area (Å²) in [7, 11) is 1.69. The van der Waals surface area contributed by atoms with Crippen molar-refractivity contribution in [2.45, 2.75) is 45.2 Å². The summed E-state index contributed by atoms with van der Waals surface area (Å²) in [6.07, 6.45) is 2.24. The van der Waals surface area contributed by atoms with Gasteiger partial charge in [-0.05, 0) is 31.9 Å². The number of benzene rings is 1. The summed E-state index contributed by atoms with van der Waals surface area (Å²) in [6, 6.07) is 6.29. The van der Waals surface area contributed by atoms with Gasteiger partial charge in [0.1, 0.15) is 5.75 Å². The van der Waals surface area contributed by atoms with Crippen molar-refractivity contribution in [2.75, 3.05) is 25.1 Å². The molecule has 3 nitrogen and oxygen atoms in total. The van der Waals surface area contributed by atoms with E-state index in [1.807, 2.05) is 18.2 Å². The van der Waals surface area contributed by atoms with E-state index in [4.69, 9.17) is 16.3 Å². The largest absolute Gasteiger partial charge is 0.497 e. The van der Waals surface area contributed by atoms with E-state index in [9.17, 15) is 0 Å². The Balaban J connectivity index is 2.34. The highest BCUT2D eigenvalue weighted by molar-refractivity contribution is 6.33. The Morgan fingerprint density at radius 2 is 2.10 bits per heavy atom. The van der Waals surface area contributed by atoms with Gasteiger partial charge in [-0.1, -0.05) is 25.4 Å². The molecule has 1 atom stereocenters. The zero-order chi connectivity index (χ0) is 14.8. The number of methoxy groups -OCH3 is 1. The summed E-state index contributed by atoms with van der Waals surface area (Å²) in [6.45, 7) is 8.69. The molecule has 0 aromatic heterocycles. The van der Waals surface area contributed by atoms with Crippen molar-refractivity contribution < 1.29 is 4.74 Å². The summed E-state index contributed by atoms with van der Waals surface area (Å²) < 4.78 is 5.34. The number of piperazine rings is 1. The molecule has 0 radical (unpaired) electrons. The maximum atomic E-state index is 6.41. The minimum absolute atomic E-state index is 0.179. The van der Waals surface area contributed by atoms with Gasteiger partial charge in [-0.2, -0.15) is 0 Å². The van der Waals surface area contributed by atoms with Gasteiger partial charge in [-0.15, -0.1) is 0 Å². The van der Waals surface area contributed by atoms with Crippen LogP contribution in [-0.4, -0.2) is 31.8 Å². The number of nitrogens with zero attached hydrogens (tertiary/aromatic N) is 1.